The molecule has 1 aromatic rings. The first-order valence-electron chi connectivity index (χ1n) is 11.1. The van der Waals surface area contributed by atoms with Crippen molar-refractivity contribution in [2.75, 3.05) is 69.6 Å². The van der Waals surface area contributed by atoms with Crippen LogP contribution in [0.5, 0.6) is 0 Å². The van der Waals surface area contributed by atoms with E-state index in [0.29, 0.717) is 11.2 Å². The minimum absolute atomic E-state index is 0. The van der Waals surface area contributed by atoms with Gasteiger partial charge >= 0.3 is 0 Å². The Bertz CT molecular complexity index is 623. The lowest BCUT2D eigenvalue weighted by Gasteiger charge is -2.36. The summed E-state index contributed by atoms with van der Waals surface area (Å²) in [7, 11) is 0. The minimum atomic E-state index is 0. The van der Waals surface area contributed by atoms with E-state index in [2.05, 4.69) is 62.5 Å². The van der Waals surface area contributed by atoms with Gasteiger partial charge in [0, 0.05) is 82.3 Å². The SMILES string of the molecule is CCNC(=NCCCN1CCN(c2ncccn2)CC1)N1CCSC(C(C)C)C1.I. The van der Waals surface area contributed by atoms with Gasteiger partial charge in [-0.15, -0.1) is 24.0 Å². The predicted octanol–water partition coefficient (Wildman–Crippen LogP) is 2.65. The fraction of sp³-hybridized carbons (Fsp3) is 0.762. The second kappa shape index (κ2) is 13.6. The lowest BCUT2D eigenvalue weighted by molar-refractivity contribution is 0.255. The van der Waals surface area contributed by atoms with Gasteiger partial charge < -0.3 is 15.1 Å². The number of nitrogens with zero attached hydrogens (tertiary/aromatic N) is 6. The summed E-state index contributed by atoms with van der Waals surface area (Å²) >= 11 is 2.11. The third-order valence-electron chi connectivity index (χ3n) is 5.57. The Balaban J connectivity index is 0.00000320. The van der Waals surface area contributed by atoms with Crippen LogP contribution in [0.25, 0.3) is 0 Å². The second-order valence-corrected chi connectivity index (χ2v) is 9.41. The summed E-state index contributed by atoms with van der Waals surface area (Å²) in [4.78, 5) is 20.9. The molecular formula is C21H38IN7S. The van der Waals surface area contributed by atoms with E-state index in [4.69, 9.17) is 4.99 Å². The molecule has 0 amide bonds. The summed E-state index contributed by atoms with van der Waals surface area (Å²) in [5.41, 5.74) is 0. The molecule has 3 heterocycles. The highest BCUT2D eigenvalue weighted by atomic mass is 127. The van der Waals surface area contributed by atoms with Crippen molar-refractivity contribution in [3.63, 3.8) is 0 Å². The Morgan fingerprint density at radius 2 is 1.93 bits per heavy atom. The van der Waals surface area contributed by atoms with Gasteiger partial charge in [0.1, 0.15) is 0 Å². The fourth-order valence-corrected chi connectivity index (χ4v) is 5.10. The average Bonchev–Trinajstić information content (AvgIpc) is 2.77. The Labute approximate surface area is 203 Å². The zero-order valence-electron chi connectivity index (χ0n) is 18.7. The van der Waals surface area contributed by atoms with Crippen LogP contribution in [-0.2, 0) is 0 Å². The van der Waals surface area contributed by atoms with E-state index in [-0.39, 0.29) is 24.0 Å². The lowest BCUT2D eigenvalue weighted by atomic mass is 10.1. The molecule has 2 aliphatic heterocycles. The van der Waals surface area contributed by atoms with Gasteiger partial charge in [-0.3, -0.25) is 9.89 Å². The number of halogens is 1. The van der Waals surface area contributed by atoms with Crippen LogP contribution in [0.4, 0.5) is 5.95 Å². The second-order valence-electron chi connectivity index (χ2n) is 8.07. The number of aromatic nitrogens is 2. The van der Waals surface area contributed by atoms with E-state index in [1.165, 1.54) is 5.75 Å². The van der Waals surface area contributed by atoms with Crippen LogP contribution in [0.15, 0.2) is 23.5 Å². The zero-order chi connectivity index (χ0) is 20.5. The molecule has 1 N–H and O–H groups in total. The molecule has 2 aliphatic rings. The van der Waals surface area contributed by atoms with Gasteiger partial charge in [0.2, 0.25) is 5.95 Å². The Morgan fingerprint density at radius 3 is 2.60 bits per heavy atom. The Morgan fingerprint density at radius 1 is 1.20 bits per heavy atom. The zero-order valence-corrected chi connectivity index (χ0v) is 21.8. The minimum Gasteiger partial charge on any atom is -0.357 e. The Kier molecular flexibility index (Phi) is 11.5. The number of nitrogens with one attached hydrogen (secondary N) is 1. The molecule has 0 radical (unpaired) electrons. The van der Waals surface area contributed by atoms with Gasteiger partial charge in [-0.2, -0.15) is 11.8 Å². The third kappa shape index (κ3) is 7.71. The largest absolute Gasteiger partial charge is 0.357 e. The van der Waals surface area contributed by atoms with Crippen molar-refractivity contribution >= 4 is 47.6 Å². The van der Waals surface area contributed by atoms with Crippen molar-refractivity contribution in [1.29, 1.82) is 0 Å². The van der Waals surface area contributed by atoms with E-state index in [1.54, 1.807) is 0 Å². The van der Waals surface area contributed by atoms with E-state index in [9.17, 15) is 0 Å². The van der Waals surface area contributed by atoms with E-state index < -0.39 is 0 Å². The van der Waals surface area contributed by atoms with Crippen LogP contribution < -0.4 is 10.2 Å². The number of anilines is 1. The quantitative estimate of drug-likeness (QED) is 0.244. The number of guanidine groups is 1. The number of rotatable bonds is 7. The number of piperazine rings is 1. The summed E-state index contributed by atoms with van der Waals surface area (Å²) in [5.74, 6) is 3.87. The molecule has 0 saturated carbocycles. The summed E-state index contributed by atoms with van der Waals surface area (Å²) in [6.07, 6.45) is 4.74. The van der Waals surface area contributed by atoms with E-state index >= 15 is 0 Å². The van der Waals surface area contributed by atoms with Gasteiger partial charge in [-0.1, -0.05) is 13.8 Å². The smallest absolute Gasteiger partial charge is 0.225 e. The highest BCUT2D eigenvalue weighted by molar-refractivity contribution is 14.0. The van der Waals surface area contributed by atoms with Crippen molar-refractivity contribution in [2.45, 2.75) is 32.4 Å². The third-order valence-corrected chi connectivity index (χ3v) is 7.11. The van der Waals surface area contributed by atoms with Gasteiger partial charge in [-0.25, -0.2) is 9.97 Å². The number of hydrogen-bond donors (Lipinski definition) is 1. The normalized spacial score (nSPS) is 20.9. The summed E-state index contributed by atoms with van der Waals surface area (Å²) in [6, 6.07) is 1.87. The van der Waals surface area contributed by atoms with Crippen molar-refractivity contribution in [1.82, 2.24) is 25.1 Å². The molecule has 0 bridgehead atoms. The molecule has 30 heavy (non-hydrogen) atoms. The van der Waals surface area contributed by atoms with Crippen molar-refractivity contribution in [3.8, 4) is 0 Å². The molecular weight excluding hydrogens is 509 g/mol. The summed E-state index contributed by atoms with van der Waals surface area (Å²) in [5, 5.41) is 4.21. The Hall–Kier alpha value is -0.810. The van der Waals surface area contributed by atoms with Crippen LogP contribution >= 0.6 is 35.7 Å². The van der Waals surface area contributed by atoms with Gasteiger partial charge in [0.15, 0.2) is 5.96 Å². The van der Waals surface area contributed by atoms with Crippen LogP contribution in [0, 0.1) is 5.92 Å². The molecule has 2 saturated heterocycles. The van der Waals surface area contributed by atoms with Gasteiger partial charge in [0.25, 0.3) is 0 Å². The van der Waals surface area contributed by atoms with Crippen molar-refractivity contribution in [2.24, 2.45) is 10.9 Å². The number of hydrogen-bond acceptors (Lipinski definition) is 6. The molecule has 1 unspecified atom stereocenters. The molecule has 170 valence electrons. The average molecular weight is 548 g/mol. The summed E-state index contributed by atoms with van der Waals surface area (Å²) in [6.45, 7) is 16.1. The van der Waals surface area contributed by atoms with Crippen molar-refractivity contribution < 1.29 is 0 Å². The monoisotopic (exact) mass is 547 g/mol. The molecule has 9 heteroatoms. The molecule has 0 aromatic carbocycles. The van der Waals surface area contributed by atoms with Gasteiger partial charge in [0.05, 0.1) is 0 Å². The topological polar surface area (TPSA) is 59.9 Å². The lowest BCUT2D eigenvalue weighted by Crippen LogP contribution is -2.49. The van der Waals surface area contributed by atoms with E-state index in [0.717, 1.165) is 77.2 Å². The van der Waals surface area contributed by atoms with Crippen LogP contribution in [0.1, 0.15) is 27.2 Å². The predicted molar refractivity (Wildman–Crippen MR) is 139 cm³/mol. The highest BCUT2D eigenvalue weighted by Crippen LogP contribution is 2.24. The highest BCUT2D eigenvalue weighted by Gasteiger charge is 2.25. The fourth-order valence-electron chi connectivity index (χ4n) is 3.80. The first-order chi connectivity index (χ1) is 14.2. The van der Waals surface area contributed by atoms with Crippen LogP contribution in [0.2, 0.25) is 0 Å². The van der Waals surface area contributed by atoms with Crippen LogP contribution in [-0.4, -0.2) is 95.6 Å². The van der Waals surface area contributed by atoms with Gasteiger partial charge in [-0.05, 0) is 25.3 Å². The molecule has 0 spiro atoms. The number of thioether (sulfide) groups is 1. The molecule has 0 aliphatic carbocycles. The first kappa shape index (κ1) is 25.5. The molecule has 2 fully saturated rings. The standard InChI is InChI=1S/C21H37N7S.HI/c1-4-22-20(28-15-16-29-19(17-28)18(2)3)25-9-6-10-26-11-13-27(14-12-26)21-23-7-5-8-24-21;/h5,7-8,18-19H,4,6,9-17H2,1-3H3,(H,22,25);1H. The molecule has 1 atom stereocenters. The maximum absolute atomic E-state index is 4.94. The van der Waals surface area contributed by atoms with E-state index in [1.807, 2.05) is 18.5 Å². The first-order valence-corrected chi connectivity index (χ1v) is 12.1. The maximum atomic E-state index is 4.94. The van der Waals surface area contributed by atoms with Crippen LogP contribution in [0.3, 0.4) is 0 Å². The molecule has 7 nitrogen and oxygen atoms in total. The van der Waals surface area contributed by atoms with Crippen molar-refractivity contribution in [3.05, 3.63) is 18.5 Å². The maximum Gasteiger partial charge on any atom is 0.225 e. The molecule has 1 aromatic heterocycles. The summed E-state index contributed by atoms with van der Waals surface area (Å²) < 4.78 is 0. The number of aliphatic imine (C=N–C) groups is 1. The molecule has 3 rings (SSSR count).